The Hall–Kier alpha value is -2.35. The van der Waals surface area contributed by atoms with Gasteiger partial charge in [-0.2, -0.15) is 0 Å². The van der Waals surface area contributed by atoms with Gasteiger partial charge in [0, 0.05) is 11.8 Å². The molecule has 3 rings (SSSR count). The molecular weight excluding hydrogens is 303 g/mol. The highest BCUT2D eigenvalue weighted by Gasteiger charge is 2.29. The van der Waals surface area contributed by atoms with Crippen molar-refractivity contribution < 1.29 is 27.8 Å². The number of halogens is 3. The standard InChI is InChI=1S/C14H10F3NO4/c1-5-8-12(11(17)10(16)9(5)15)18(6-3-22-4-6)2-7(13(8)19)14(20)21/h2,6H,3-4H2,1H3,(H,20,21). The number of carboxylic acid groups (broad SMARTS) is 1. The Morgan fingerprint density at radius 3 is 2.41 bits per heavy atom. The molecule has 1 N–H and O–H groups in total. The van der Waals surface area contributed by atoms with E-state index in [4.69, 9.17) is 9.84 Å². The van der Waals surface area contributed by atoms with Crippen LogP contribution in [0.4, 0.5) is 13.2 Å². The van der Waals surface area contributed by atoms with Crippen molar-refractivity contribution in [2.24, 2.45) is 0 Å². The summed E-state index contributed by atoms with van der Waals surface area (Å²) >= 11 is 0. The van der Waals surface area contributed by atoms with Gasteiger partial charge in [-0.1, -0.05) is 0 Å². The van der Waals surface area contributed by atoms with Crippen LogP contribution in [0.15, 0.2) is 11.0 Å². The molecule has 1 saturated heterocycles. The quantitative estimate of drug-likeness (QED) is 0.861. The van der Waals surface area contributed by atoms with E-state index in [-0.39, 0.29) is 13.2 Å². The van der Waals surface area contributed by atoms with Gasteiger partial charge in [0.15, 0.2) is 17.5 Å². The fourth-order valence-corrected chi connectivity index (χ4v) is 2.50. The zero-order chi connectivity index (χ0) is 16.2. The molecule has 116 valence electrons. The van der Waals surface area contributed by atoms with E-state index in [9.17, 15) is 22.8 Å². The minimum Gasteiger partial charge on any atom is -0.477 e. The minimum absolute atomic E-state index is 0.161. The molecule has 0 unspecified atom stereocenters. The van der Waals surface area contributed by atoms with Crippen LogP contribution in [0.1, 0.15) is 22.0 Å². The number of hydrogen-bond acceptors (Lipinski definition) is 3. The molecule has 1 aliphatic rings. The molecule has 0 amide bonds. The van der Waals surface area contributed by atoms with Gasteiger partial charge in [0.2, 0.25) is 5.43 Å². The van der Waals surface area contributed by atoms with Crippen LogP contribution in [0.2, 0.25) is 0 Å². The second kappa shape index (κ2) is 4.84. The van der Waals surface area contributed by atoms with E-state index < -0.39 is 56.9 Å². The normalized spacial score (nSPS) is 15.1. The number of carbonyl (C=O) groups is 1. The number of hydrogen-bond donors (Lipinski definition) is 1. The van der Waals surface area contributed by atoms with Crippen molar-refractivity contribution in [3.8, 4) is 0 Å². The van der Waals surface area contributed by atoms with Crippen molar-refractivity contribution in [2.75, 3.05) is 13.2 Å². The van der Waals surface area contributed by atoms with Crippen LogP contribution >= 0.6 is 0 Å². The van der Waals surface area contributed by atoms with Gasteiger partial charge in [-0.3, -0.25) is 4.79 Å². The molecule has 2 heterocycles. The smallest absolute Gasteiger partial charge is 0.341 e. The summed E-state index contributed by atoms with van der Waals surface area (Å²) in [6.07, 6.45) is 0.944. The number of benzene rings is 1. The number of carboxylic acids is 1. The average Bonchev–Trinajstić information content (AvgIpc) is 2.41. The number of pyridine rings is 1. The summed E-state index contributed by atoms with van der Waals surface area (Å²) in [5, 5.41) is 8.63. The Morgan fingerprint density at radius 2 is 1.91 bits per heavy atom. The van der Waals surface area contributed by atoms with Crippen molar-refractivity contribution in [2.45, 2.75) is 13.0 Å². The first-order chi connectivity index (χ1) is 10.3. The molecule has 0 atom stereocenters. The van der Waals surface area contributed by atoms with E-state index >= 15 is 0 Å². The van der Waals surface area contributed by atoms with E-state index in [1.54, 1.807) is 0 Å². The molecule has 0 radical (unpaired) electrons. The van der Waals surface area contributed by atoms with Gasteiger partial charge in [-0.15, -0.1) is 0 Å². The number of ether oxygens (including phenoxy) is 1. The van der Waals surface area contributed by atoms with E-state index in [1.165, 1.54) is 0 Å². The SMILES string of the molecule is Cc1c(F)c(F)c(F)c2c1c(=O)c(C(=O)O)cn2C1COC1. The van der Waals surface area contributed by atoms with Gasteiger partial charge in [-0.05, 0) is 6.92 Å². The molecular formula is C14H10F3NO4. The van der Waals surface area contributed by atoms with Gasteiger partial charge in [0.05, 0.1) is 30.2 Å². The van der Waals surface area contributed by atoms with E-state index in [0.29, 0.717) is 0 Å². The zero-order valence-electron chi connectivity index (χ0n) is 11.3. The number of nitrogens with zero attached hydrogens (tertiary/aromatic N) is 1. The summed E-state index contributed by atoms with van der Waals surface area (Å²) in [7, 11) is 0. The Labute approximate surface area is 121 Å². The summed E-state index contributed by atoms with van der Waals surface area (Å²) in [5.74, 6) is -6.23. The van der Waals surface area contributed by atoms with Crippen molar-refractivity contribution >= 4 is 16.9 Å². The molecule has 0 spiro atoms. The molecule has 1 aromatic carbocycles. The van der Waals surface area contributed by atoms with E-state index in [0.717, 1.165) is 17.7 Å². The number of aromatic carboxylic acids is 1. The maximum Gasteiger partial charge on any atom is 0.341 e. The lowest BCUT2D eigenvalue weighted by Crippen LogP contribution is -2.33. The molecule has 0 aliphatic carbocycles. The molecule has 0 bridgehead atoms. The first kappa shape index (κ1) is 14.6. The van der Waals surface area contributed by atoms with Crippen LogP contribution in [0.3, 0.4) is 0 Å². The Kier molecular flexibility index (Phi) is 3.21. The van der Waals surface area contributed by atoms with Crippen LogP contribution in [0, 0.1) is 24.4 Å². The predicted octanol–water partition coefficient (Wildman–Crippen LogP) is 2.00. The first-order valence-corrected chi connectivity index (χ1v) is 6.37. The monoisotopic (exact) mass is 313 g/mol. The van der Waals surface area contributed by atoms with Crippen molar-refractivity contribution in [1.29, 1.82) is 0 Å². The van der Waals surface area contributed by atoms with Crippen LogP contribution in [0.5, 0.6) is 0 Å². The Morgan fingerprint density at radius 1 is 1.27 bits per heavy atom. The maximum absolute atomic E-state index is 14.2. The third-order valence-electron chi connectivity index (χ3n) is 3.78. The molecule has 0 saturated carbocycles. The number of fused-ring (bicyclic) bond motifs is 1. The Bertz CT molecular complexity index is 871. The maximum atomic E-state index is 14.2. The van der Waals surface area contributed by atoms with E-state index in [2.05, 4.69) is 0 Å². The number of rotatable bonds is 2. The first-order valence-electron chi connectivity index (χ1n) is 6.37. The van der Waals surface area contributed by atoms with Gasteiger partial charge < -0.3 is 14.4 Å². The van der Waals surface area contributed by atoms with Crippen molar-refractivity contribution in [1.82, 2.24) is 4.57 Å². The highest BCUT2D eigenvalue weighted by Crippen LogP contribution is 2.29. The summed E-state index contributed by atoms with van der Waals surface area (Å²) < 4.78 is 47.7. The third kappa shape index (κ3) is 1.83. The molecule has 5 nitrogen and oxygen atoms in total. The average molecular weight is 313 g/mol. The molecule has 1 aromatic heterocycles. The summed E-state index contributed by atoms with van der Waals surface area (Å²) in [4.78, 5) is 23.4. The van der Waals surface area contributed by atoms with Crippen molar-refractivity contribution in [3.05, 3.63) is 45.0 Å². The zero-order valence-corrected chi connectivity index (χ0v) is 11.3. The van der Waals surface area contributed by atoms with E-state index in [1.807, 2.05) is 0 Å². The fraction of sp³-hybridized carbons (Fsp3) is 0.286. The lowest BCUT2D eigenvalue weighted by atomic mass is 10.0. The highest BCUT2D eigenvalue weighted by atomic mass is 19.2. The topological polar surface area (TPSA) is 68.5 Å². The second-order valence-electron chi connectivity index (χ2n) is 5.07. The highest BCUT2D eigenvalue weighted by molar-refractivity contribution is 5.94. The Balaban J connectivity index is 2.55. The number of aryl methyl sites for hydroxylation is 1. The number of aromatic nitrogens is 1. The van der Waals surface area contributed by atoms with Gasteiger partial charge in [-0.25, -0.2) is 18.0 Å². The lowest BCUT2D eigenvalue weighted by molar-refractivity contribution is -0.0219. The second-order valence-corrected chi connectivity index (χ2v) is 5.07. The molecule has 1 aliphatic heterocycles. The van der Waals surface area contributed by atoms with Gasteiger partial charge in [0.1, 0.15) is 5.56 Å². The van der Waals surface area contributed by atoms with Crippen LogP contribution in [-0.2, 0) is 4.74 Å². The lowest BCUT2D eigenvalue weighted by Gasteiger charge is -2.30. The van der Waals surface area contributed by atoms with Gasteiger partial charge in [0.25, 0.3) is 0 Å². The summed E-state index contributed by atoms with van der Waals surface area (Å²) in [5.41, 5.74) is -2.54. The van der Waals surface area contributed by atoms with Crippen LogP contribution < -0.4 is 5.43 Å². The van der Waals surface area contributed by atoms with Crippen molar-refractivity contribution in [3.63, 3.8) is 0 Å². The third-order valence-corrected chi connectivity index (χ3v) is 3.78. The predicted molar refractivity (Wildman–Crippen MR) is 69.6 cm³/mol. The molecule has 1 fully saturated rings. The summed E-state index contributed by atoms with van der Waals surface area (Å²) in [6, 6.07) is -0.444. The summed E-state index contributed by atoms with van der Waals surface area (Å²) in [6.45, 7) is 1.43. The minimum atomic E-state index is -1.69. The molecule has 2 aromatic rings. The fourth-order valence-electron chi connectivity index (χ4n) is 2.50. The molecule has 8 heteroatoms. The van der Waals surface area contributed by atoms with Crippen LogP contribution in [-0.4, -0.2) is 28.9 Å². The largest absolute Gasteiger partial charge is 0.477 e. The molecule has 22 heavy (non-hydrogen) atoms. The van der Waals surface area contributed by atoms with Gasteiger partial charge >= 0.3 is 5.97 Å². The van der Waals surface area contributed by atoms with Crippen LogP contribution in [0.25, 0.3) is 10.9 Å².